The highest BCUT2D eigenvalue weighted by atomic mass is 16.8. The fourth-order valence-electron chi connectivity index (χ4n) is 2.38. The van der Waals surface area contributed by atoms with Gasteiger partial charge in [0, 0.05) is 13.5 Å². The van der Waals surface area contributed by atoms with Gasteiger partial charge >= 0.3 is 6.09 Å². The van der Waals surface area contributed by atoms with Crippen LogP contribution in [0.2, 0.25) is 0 Å². The number of rotatable bonds is 2. The number of amides is 1. The van der Waals surface area contributed by atoms with Crippen LogP contribution in [-0.2, 0) is 23.7 Å². The van der Waals surface area contributed by atoms with Gasteiger partial charge in [-0.2, -0.15) is 0 Å². The van der Waals surface area contributed by atoms with Crippen molar-refractivity contribution < 1.29 is 28.5 Å². The molecule has 0 spiro atoms. The second-order valence-corrected chi connectivity index (χ2v) is 5.12. The number of alkyl carbamates (subject to hydrolysis) is 1. The van der Waals surface area contributed by atoms with E-state index in [0.29, 0.717) is 13.0 Å². The SMILES string of the molecule is COC(=O)N[C@@H]1C[C@@H]2OC(C)(C)OC[C@H]2OC1OC. The molecule has 2 heterocycles. The van der Waals surface area contributed by atoms with Crippen LogP contribution >= 0.6 is 0 Å². The van der Waals surface area contributed by atoms with Gasteiger partial charge in [-0.1, -0.05) is 0 Å². The van der Waals surface area contributed by atoms with E-state index in [1.165, 1.54) is 14.2 Å². The van der Waals surface area contributed by atoms with E-state index in [2.05, 4.69) is 10.1 Å². The average Bonchev–Trinajstić information content (AvgIpc) is 2.36. The third-order valence-corrected chi connectivity index (χ3v) is 3.29. The standard InChI is InChI=1S/C12H21NO6/c1-12(2)17-6-9-8(19-12)5-7(10(15-3)18-9)13-11(14)16-4/h7-10H,5-6H2,1-4H3,(H,13,14)/t7-,8+,9-,10?/m1/s1. The van der Waals surface area contributed by atoms with Gasteiger partial charge < -0.3 is 29.0 Å². The number of fused-ring (bicyclic) bond motifs is 1. The summed E-state index contributed by atoms with van der Waals surface area (Å²) in [6.45, 7) is 4.16. The third-order valence-electron chi connectivity index (χ3n) is 3.29. The molecule has 2 saturated heterocycles. The summed E-state index contributed by atoms with van der Waals surface area (Å²) in [6, 6.07) is -0.312. The lowest BCUT2D eigenvalue weighted by Crippen LogP contribution is -2.60. The van der Waals surface area contributed by atoms with Gasteiger partial charge in [0.05, 0.1) is 25.9 Å². The van der Waals surface area contributed by atoms with Crippen molar-refractivity contribution in [1.82, 2.24) is 5.32 Å². The molecule has 0 saturated carbocycles. The molecule has 0 bridgehead atoms. The van der Waals surface area contributed by atoms with Gasteiger partial charge in [0.1, 0.15) is 6.10 Å². The highest BCUT2D eigenvalue weighted by Gasteiger charge is 2.45. The largest absolute Gasteiger partial charge is 0.453 e. The van der Waals surface area contributed by atoms with E-state index in [4.69, 9.17) is 18.9 Å². The molecule has 19 heavy (non-hydrogen) atoms. The number of nitrogens with one attached hydrogen (secondary N) is 1. The van der Waals surface area contributed by atoms with Crippen LogP contribution in [0.5, 0.6) is 0 Å². The summed E-state index contributed by atoms with van der Waals surface area (Å²) in [5.41, 5.74) is 0. The predicted molar refractivity (Wildman–Crippen MR) is 64.5 cm³/mol. The molecule has 7 heteroatoms. The molecule has 4 atom stereocenters. The van der Waals surface area contributed by atoms with E-state index in [9.17, 15) is 4.79 Å². The molecule has 1 amide bonds. The molecule has 7 nitrogen and oxygen atoms in total. The molecule has 1 N–H and O–H groups in total. The van der Waals surface area contributed by atoms with Crippen molar-refractivity contribution in [2.75, 3.05) is 20.8 Å². The fourth-order valence-corrected chi connectivity index (χ4v) is 2.38. The molecule has 0 aromatic carbocycles. The maximum atomic E-state index is 11.3. The summed E-state index contributed by atoms with van der Waals surface area (Å²) >= 11 is 0. The Morgan fingerprint density at radius 3 is 2.68 bits per heavy atom. The average molecular weight is 275 g/mol. The van der Waals surface area contributed by atoms with Crippen LogP contribution in [0.25, 0.3) is 0 Å². The van der Waals surface area contributed by atoms with Gasteiger partial charge in [-0.3, -0.25) is 0 Å². The Hall–Kier alpha value is -0.890. The van der Waals surface area contributed by atoms with Crippen molar-refractivity contribution in [3.8, 4) is 0 Å². The van der Waals surface area contributed by atoms with Gasteiger partial charge in [0.25, 0.3) is 0 Å². The maximum Gasteiger partial charge on any atom is 0.407 e. The zero-order chi connectivity index (χ0) is 14.0. The van der Waals surface area contributed by atoms with E-state index in [1.807, 2.05) is 13.8 Å². The summed E-state index contributed by atoms with van der Waals surface area (Å²) in [4.78, 5) is 11.3. The van der Waals surface area contributed by atoms with Crippen LogP contribution in [-0.4, -0.2) is 57.2 Å². The fraction of sp³-hybridized carbons (Fsp3) is 0.917. The third kappa shape index (κ3) is 3.36. The van der Waals surface area contributed by atoms with Crippen molar-refractivity contribution in [3.63, 3.8) is 0 Å². The van der Waals surface area contributed by atoms with Gasteiger partial charge in [-0.15, -0.1) is 0 Å². The molecular formula is C12H21NO6. The molecule has 1 unspecified atom stereocenters. The van der Waals surface area contributed by atoms with E-state index < -0.39 is 18.2 Å². The minimum Gasteiger partial charge on any atom is -0.453 e. The summed E-state index contributed by atoms with van der Waals surface area (Å²) in [7, 11) is 2.85. The van der Waals surface area contributed by atoms with Crippen molar-refractivity contribution >= 4 is 6.09 Å². The van der Waals surface area contributed by atoms with Crippen LogP contribution < -0.4 is 5.32 Å². The number of carbonyl (C=O) groups excluding carboxylic acids is 1. The monoisotopic (exact) mass is 275 g/mol. The van der Waals surface area contributed by atoms with Crippen LogP contribution in [0, 0.1) is 0 Å². The quantitative estimate of drug-likeness (QED) is 0.796. The molecule has 0 aliphatic carbocycles. The van der Waals surface area contributed by atoms with Crippen LogP contribution in [0.4, 0.5) is 4.79 Å². The molecule has 0 aromatic rings. The molecule has 2 rings (SSSR count). The highest BCUT2D eigenvalue weighted by Crippen LogP contribution is 2.32. The van der Waals surface area contributed by atoms with Gasteiger partial charge in [0.2, 0.25) is 0 Å². The molecule has 0 aromatic heterocycles. The summed E-state index contributed by atoms with van der Waals surface area (Å²) in [5.74, 6) is -0.639. The van der Waals surface area contributed by atoms with E-state index in [-0.39, 0.29) is 18.2 Å². The Morgan fingerprint density at radius 2 is 2.05 bits per heavy atom. The van der Waals surface area contributed by atoms with Gasteiger partial charge in [-0.25, -0.2) is 4.79 Å². The Labute approximate surface area is 112 Å². The lowest BCUT2D eigenvalue weighted by molar-refractivity contribution is -0.347. The number of methoxy groups -OCH3 is 2. The maximum absolute atomic E-state index is 11.3. The predicted octanol–water partition coefficient (Wildman–Crippen LogP) is 0.624. The second-order valence-electron chi connectivity index (χ2n) is 5.12. The van der Waals surface area contributed by atoms with Gasteiger partial charge in [-0.05, 0) is 13.8 Å². The van der Waals surface area contributed by atoms with Crippen LogP contribution in [0.3, 0.4) is 0 Å². The lowest BCUT2D eigenvalue weighted by Gasteiger charge is -2.47. The molecule has 2 fully saturated rings. The van der Waals surface area contributed by atoms with Crippen LogP contribution in [0.15, 0.2) is 0 Å². The summed E-state index contributed by atoms with van der Waals surface area (Å²) in [6.07, 6.45) is -0.786. The van der Waals surface area contributed by atoms with Gasteiger partial charge in [0.15, 0.2) is 12.1 Å². The topological polar surface area (TPSA) is 75.3 Å². The number of hydrogen-bond acceptors (Lipinski definition) is 6. The van der Waals surface area contributed by atoms with Crippen molar-refractivity contribution in [2.24, 2.45) is 0 Å². The highest BCUT2D eigenvalue weighted by molar-refractivity contribution is 5.67. The molecule has 2 aliphatic rings. The minimum atomic E-state index is -0.639. The van der Waals surface area contributed by atoms with Crippen molar-refractivity contribution in [2.45, 2.75) is 50.6 Å². The van der Waals surface area contributed by atoms with Crippen molar-refractivity contribution in [3.05, 3.63) is 0 Å². The lowest BCUT2D eigenvalue weighted by atomic mass is 9.99. The molecular weight excluding hydrogens is 254 g/mol. The Balaban J connectivity index is 2.02. The summed E-state index contributed by atoms with van der Waals surface area (Å²) in [5, 5.41) is 2.70. The first-order valence-electron chi connectivity index (χ1n) is 6.29. The smallest absolute Gasteiger partial charge is 0.407 e. The van der Waals surface area contributed by atoms with Crippen molar-refractivity contribution in [1.29, 1.82) is 0 Å². The molecule has 0 radical (unpaired) electrons. The number of hydrogen-bond donors (Lipinski definition) is 1. The molecule has 110 valence electrons. The van der Waals surface area contributed by atoms with E-state index in [0.717, 1.165) is 0 Å². The minimum absolute atomic E-state index is 0.141. The second kappa shape index (κ2) is 5.62. The zero-order valence-corrected chi connectivity index (χ0v) is 11.7. The van der Waals surface area contributed by atoms with E-state index in [1.54, 1.807) is 0 Å². The Morgan fingerprint density at radius 1 is 1.32 bits per heavy atom. The molecule has 2 aliphatic heterocycles. The first-order chi connectivity index (χ1) is 8.95. The number of carbonyl (C=O) groups is 1. The first-order valence-corrected chi connectivity index (χ1v) is 6.29. The number of ether oxygens (including phenoxy) is 5. The summed E-state index contributed by atoms with van der Waals surface area (Å²) < 4.78 is 27.0. The Bertz CT molecular complexity index is 334. The first kappa shape index (κ1) is 14.5. The van der Waals surface area contributed by atoms with Crippen LogP contribution in [0.1, 0.15) is 20.3 Å². The zero-order valence-electron chi connectivity index (χ0n) is 11.7. The normalized spacial score (nSPS) is 37.3. The van der Waals surface area contributed by atoms with E-state index >= 15 is 0 Å². The Kier molecular flexibility index (Phi) is 4.29.